The normalized spacial score (nSPS) is 14.2. The fourth-order valence-electron chi connectivity index (χ4n) is 4.18. The lowest BCUT2D eigenvalue weighted by molar-refractivity contribution is 0.144. The van der Waals surface area contributed by atoms with Crippen molar-refractivity contribution in [3.8, 4) is 16.9 Å². The predicted molar refractivity (Wildman–Crippen MR) is 116 cm³/mol. The van der Waals surface area contributed by atoms with Crippen LogP contribution >= 0.6 is 0 Å². The molecule has 4 rings (SSSR count). The third-order valence-corrected chi connectivity index (χ3v) is 5.59. The van der Waals surface area contributed by atoms with Gasteiger partial charge in [0.1, 0.15) is 0 Å². The number of carbonyl (C=O) groups is 1. The highest BCUT2D eigenvalue weighted by Gasteiger charge is 2.26. The SMILES string of the molecule is CCc1cc(C)c2nc(N3CCCCC3)c(OC(=O)O)c(-c3ccccc3)c2c1. The van der Waals surface area contributed by atoms with Gasteiger partial charge in [-0.15, -0.1) is 0 Å². The largest absolute Gasteiger partial charge is 0.511 e. The van der Waals surface area contributed by atoms with Gasteiger partial charge in [0, 0.05) is 24.0 Å². The van der Waals surface area contributed by atoms with E-state index in [9.17, 15) is 9.90 Å². The Kier molecular flexibility index (Phi) is 5.38. The Morgan fingerprint density at radius 2 is 1.86 bits per heavy atom. The molecule has 0 unspecified atom stereocenters. The molecule has 1 N–H and O–H groups in total. The molecule has 0 atom stereocenters. The summed E-state index contributed by atoms with van der Waals surface area (Å²) < 4.78 is 5.42. The van der Waals surface area contributed by atoms with Crippen LogP contribution in [0.3, 0.4) is 0 Å². The van der Waals surface area contributed by atoms with Crippen molar-refractivity contribution < 1.29 is 14.6 Å². The Labute approximate surface area is 170 Å². The van der Waals surface area contributed by atoms with Crippen LogP contribution in [-0.2, 0) is 6.42 Å². The lowest BCUT2D eigenvalue weighted by Gasteiger charge is -2.30. The second-order valence-electron chi connectivity index (χ2n) is 7.58. The Hall–Kier alpha value is -3.08. The van der Waals surface area contributed by atoms with Gasteiger partial charge in [0.15, 0.2) is 11.6 Å². The number of anilines is 1. The van der Waals surface area contributed by atoms with E-state index in [1.807, 2.05) is 30.3 Å². The van der Waals surface area contributed by atoms with E-state index in [1.54, 1.807) is 0 Å². The minimum absolute atomic E-state index is 0.339. The highest BCUT2D eigenvalue weighted by Crippen LogP contribution is 2.44. The van der Waals surface area contributed by atoms with Gasteiger partial charge in [-0.05, 0) is 55.4 Å². The number of hydrogen-bond acceptors (Lipinski definition) is 4. The number of carboxylic acid groups (broad SMARTS) is 1. The Bertz CT molecular complexity index is 1040. The summed E-state index contributed by atoms with van der Waals surface area (Å²) in [5.41, 5.74) is 4.93. The second-order valence-corrected chi connectivity index (χ2v) is 7.58. The van der Waals surface area contributed by atoms with Gasteiger partial charge in [-0.3, -0.25) is 0 Å². The zero-order valence-electron chi connectivity index (χ0n) is 16.9. The molecule has 0 saturated carbocycles. The van der Waals surface area contributed by atoms with Gasteiger partial charge in [-0.25, -0.2) is 9.78 Å². The van der Waals surface area contributed by atoms with Crippen molar-refractivity contribution in [3.63, 3.8) is 0 Å². The molecule has 2 heterocycles. The third-order valence-electron chi connectivity index (χ3n) is 5.59. The van der Waals surface area contributed by atoms with Gasteiger partial charge >= 0.3 is 6.16 Å². The summed E-state index contributed by atoms with van der Waals surface area (Å²) >= 11 is 0. The molecule has 1 aliphatic heterocycles. The van der Waals surface area contributed by atoms with E-state index >= 15 is 0 Å². The lowest BCUT2D eigenvalue weighted by Crippen LogP contribution is -2.31. The van der Waals surface area contributed by atoms with Gasteiger partial charge in [-0.1, -0.05) is 43.3 Å². The molecule has 29 heavy (non-hydrogen) atoms. The zero-order chi connectivity index (χ0) is 20.4. The summed E-state index contributed by atoms with van der Waals surface area (Å²) in [5.74, 6) is 0.969. The summed E-state index contributed by atoms with van der Waals surface area (Å²) in [7, 11) is 0. The Balaban J connectivity index is 2.09. The first kappa shape index (κ1) is 19.2. The van der Waals surface area contributed by atoms with Gasteiger partial charge in [0.25, 0.3) is 0 Å². The number of hydrogen-bond donors (Lipinski definition) is 1. The van der Waals surface area contributed by atoms with Crippen LogP contribution in [0.5, 0.6) is 5.75 Å². The Morgan fingerprint density at radius 1 is 1.14 bits per heavy atom. The van der Waals surface area contributed by atoms with Crippen LogP contribution in [0, 0.1) is 6.92 Å². The van der Waals surface area contributed by atoms with Crippen molar-refractivity contribution in [1.82, 2.24) is 4.98 Å². The fraction of sp³-hybridized carbons (Fsp3) is 0.333. The van der Waals surface area contributed by atoms with Gasteiger partial charge < -0.3 is 14.7 Å². The molecular weight excluding hydrogens is 364 g/mol. The van der Waals surface area contributed by atoms with Crippen molar-refractivity contribution in [3.05, 3.63) is 53.6 Å². The van der Waals surface area contributed by atoms with Gasteiger partial charge in [-0.2, -0.15) is 0 Å². The molecular formula is C24H26N2O3. The highest BCUT2D eigenvalue weighted by molar-refractivity contribution is 6.02. The summed E-state index contributed by atoms with van der Waals surface area (Å²) in [6.07, 6.45) is 2.91. The van der Waals surface area contributed by atoms with Crippen molar-refractivity contribution in [2.24, 2.45) is 0 Å². The molecule has 5 heteroatoms. The van der Waals surface area contributed by atoms with Crippen LogP contribution in [-0.4, -0.2) is 29.3 Å². The fourth-order valence-corrected chi connectivity index (χ4v) is 4.18. The molecule has 1 saturated heterocycles. The summed E-state index contributed by atoms with van der Waals surface area (Å²) in [6, 6.07) is 14.2. The van der Waals surface area contributed by atoms with Crippen molar-refractivity contribution >= 4 is 22.9 Å². The first-order chi connectivity index (χ1) is 14.1. The lowest BCUT2D eigenvalue weighted by atomic mass is 9.95. The molecule has 5 nitrogen and oxygen atoms in total. The molecule has 1 fully saturated rings. The highest BCUT2D eigenvalue weighted by atomic mass is 16.7. The standard InChI is InChI=1S/C24H26N2O3/c1-3-17-14-16(2)21-19(15-17)20(18-10-6-4-7-11-18)22(29-24(27)28)23(25-21)26-12-8-5-9-13-26/h4,6-7,10-11,14-15H,3,5,8-9,12-13H2,1-2H3,(H,27,28). The average molecular weight is 390 g/mol. The van der Waals surface area contributed by atoms with Crippen LogP contribution in [0.25, 0.3) is 22.0 Å². The summed E-state index contributed by atoms with van der Waals surface area (Å²) in [6.45, 7) is 5.90. The van der Waals surface area contributed by atoms with E-state index in [-0.39, 0.29) is 0 Å². The molecule has 0 aliphatic carbocycles. The number of pyridine rings is 1. The molecule has 2 aromatic carbocycles. The number of nitrogens with zero attached hydrogens (tertiary/aromatic N) is 2. The molecule has 1 aromatic heterocycles. The van der Waals surface area contributed by atoms with Crippen molar-refractivity contribution in [1.29, 1.82) is 0 Å². The topological polar surface area (TPSA) is 62.7 Å². The van der Waals surface area contributed by atoms with E-state index in [0.717, 1.165) is 59.9 Å². The molecule has 0 spiro atoms. The minimum Gasteiger partial charge on any atom is -0.449 e. The summed E-state index contributed by atoms with van der Waals surface area (Å²) in [5, 5.41) is 10.5. The van der Waals surface area contributed by atoms with Crippen LogP contribution in [0.2, 0.25) is 0 Å². The van der Waals surface area contributed by atoms with Crippen LogP contribution in [0.15, 0.2) is 42.5 Å². The first-order valence-corrected chi connectivity index (χ1v) is 10.3. The van der Waals surface area contributed by atoms with E-state index in [0.29, 0.717) is 11.6 Å². The number of ether oxygens (including phenoxy) is 1. The third kappa shape index (κ3) is 3.77. The van der Waals surface area contributed by atoms with E-state index in [4.69, 9.17) is 9.72 Å². The number of fused-ring (bicyclic) bond motifs is 1. The summed E-state index contributed by atoms with van der Waals surface area (Å²) in [4.78, 5) is 18.8. The van der Waals surface area contributed by atoms with Gasteiger partial charge in [0.05, 0.1) is 5.52 Å². The monoisotopic (exact) mass is 390 g/mol. The maximum Gasteiger partial charge on any atom is 0.511 e. The van der Waals surface area contributed by atoms with Crippen LogP contribution in [0.1, 0.15) is 37.3 Å². The molecule has 1 aliphatic rings. The number of rotatable bonds is 4. The van der Waals surface area contributed by atoms with E-state index < -0.39 is 6.16 Å². The smallest absolute Gasteiger partial charge is 0.449 e. The zero-order valence-corrected chi connectivity index (χ0v) is 16.9. The van der Waals surface area contributed by atoms with Crippen molar-refractivity contribution in [2.45, 2.75) is 39.5 Å². The van der Waals surface area contributed by atoms with Gasteiger partial charge in [0.2, 0.25) is 0 Å². The molecule has 0 bridgehead atoms. The second kappa shape index (κ2) is 8.11. The average Bonchev–Trinajstić information content (AvgIpc) is 2.74. The molecule has 0 amide bonds. The van der Waals surface area contributed by atoms with Crippen LogP contribution in [0.4, 0.5) is 10.6 Å². The van der Waals surface area contributed by atoms with E-state index in [2.05, 4.69) is 30.9 Å². The molecule has 3 aromatic rings. The molecule has 0 radical (unpaired) electrons. The first-order valence-electron chi connectivity index (χ1n) is 10.3. The number of benzene rings is 2. The minimum atomic E-state index is -1.31. The number of piperidine rings is 1. The molecule has 150 valence electrons. The Morgan fingerprint density at radius 3 is 2.52 bits per heavy atom. The van der Waals surface area contributed by atoms with Crippen molar-refractivity contribution in [2.75, 3.05) is 18.0 Å². The number of aryl methyl sites for hydroxylation is 2. The quantitative estimate of drug-likeness (QED) is 0.569. The number of aromatic nitrogens is 1. The maximum absolute atomic E-state index is 11.6. The predicted octanol–water partition coefficient (Wildman–Crippen LogP) is 5.82. The maximum atomic E-state index is 11.6. The van der Waals surface area contributed by atoms with Crippen LogP contribution < -0.4 is 9.64 Å². The van der Waals surface area contributed by atoms with E-state index in [1.165, 1.54) is 12.0 Å².